The molecule has 3 nitrogen and oxygen atoms in total. The summed E-state index contributed by atoms with van der Waals surface area (Å²) in [5, 5.41) is 0.191. The highest BCUT2D eigenvalue weighted by atomic mass is 32.2. The molecule has 4 heteroatoms. The molecule has 0 aliphatic carbocycles. The molecular weight excluding hydrogens is 402 g/mol. The predicted molar refractivity (Wildman–Crippen MR) is 129 cm³/mol. The van der Waals surface area contributed by atoms with E-state index in [0.717, 1.165) is 36.9 Å². The van der Waals surface area contributed by atoms with Gasteiger partial charge in [-0.25, -0.2) is 0 Å². The van der Waals surface area contributed by atoms with Crippen LogP contribution in [0, 0.1) is 0 Å². The van der Waals surface area contributed by atoms with E-state index < -0.39 is 0 Å². The third-order valence-corrected chi connectivity index (χ3v) is 6.78. The first-order valence-corrected chi connectivity index (χ1v) is 11.9. The van der Waals surface area contributed by atoms with E-state index in [0.29, 0.717) is 0 Å². The third kappa shape index (κ3) is 6.13. The first-order chi connectivity index (χ1) is 15.2. The number of ether oxygens (including phenoxy) is 2. The second-order valence-electron chi connectivity index (χ2n) is 8.19. The average Bonchev–Trinajstić information content (AvgIpc) is 2.79. The quantitative estimate of drug-likeness (QED) is 0.394. The van der Waals surface area contributed by atoms with Crippen molar-refractivity contribution < 1.29 is 9.47 Å². The van der Waals surface area contributed by atoms with Crippen LogP contribution in [0.15, 0.2) is 89.8 Å². The van der Waals surface area contributed by atoms with Gasteiger partial charge in [0.1, 0.15) is 5.75 Å². The Morgan fingerprint density at radius 3 is 2.35 bits per heavy atom. The molecule has 0 amide bonds. The molecule has 1 fully saturated rings. The van der Waals surface area contributed by atoms with Gasteiger partial charge in [0.2, 0.25) is 0 Å². The van der Waals surface area contributed by atoms with Crippen molar-refractivity contribution in [2.45, 2.75) is 42.7 Å². The van der Waals surface area contributed by atoms with Gasteiger partial charge >= 0.3 is 0 Å². The van der Waals surface area contributed by atoms with Crippen LogP contribution < -0.4 is 4.74 Å². The maximum atomic E-state index is 6.35. The number of hydrogen-bond acceptors (Lipinski definition) is 4. The summed E-state index contributed by atoms with van der Waals surface area (Å²) in [6.07, 6.45) is 0.251. The van der Waals surface area contributed by atoms with Gasteiger partial charge in [-0.2, -0.15) is 0 Å². The Hall–Kier alpha value is -2.27. The van der Waals surface area contributed by atoms with Crippen molar-refractivity contribution in [1.29, 1.82) is 0 Å². The van der Waals surface area contributed by atoms with Crippen LogP contribution in [-0.4, -0.2) is 36.8 Å². The fourth-order valence-electron chi connectivity index (χ4n) is 3.94. The minimum absolute atomic E-state index is 0.108. The highest BCUT2D eigenvalue weighted by Crippen LogP contribution is 2.43. The molecule has 4 rings (SSSR count). The Balaban J connectivity index is 1.56. The van der Waals surface area contributed by atoms with Crippen LogP contribution in [0.2, 0.25) is 0 Å². The first-order valence-electron chi connectivity index (χ1n) is 11.0. The topological polar surface area (TPSA) is 21.7 Å². The van der Waals surface area contributed by atoms with Gasteiger partial charge in [0, 0.05) is 19.6 Å². The van der Waals surface area contributed by atoms with Gasteiger partial charge < -0.3 is 9.47 Å². The Morgan fingerprint density at radius 1 is 0.935 bits per heavy atom. The Kier molecular flexibility index (Phi) is 7.68. The number of thioether (sulfide) groups is 1. The molecule has 1 aliphatic rings. The standard InChI is InChI=1S/C27H31NO2S/c1-21(2)30-24-15-9-10-16-26(24)31-27(23-13-7-4-8-14-23)25-20-28(17-18-29-25)19-22-11-5-3-6-12-22/h3-16,21,25,27H,17-20H2,1-2H3/t25-,27-/m1/s1. The summed E-state index contributed by atoms with van der Waals surface area (Å²) < 4.78 is 12.4. The molecule has 3 aromatic rings. The number of para-hydroxylation sites is 1. The number of benzene rings is 3. The summed E-state index contributed by atoms with van der Waals surface area (Å²) >= 11 is 1.85. The zero-order valence-corrected chi connectivity index (χ0v) is 19.1. The average molecular weight is 434 g/mol. The SMILES string of the molecule is CC(C)Oc1ccccc1S[C@H](c1ccccc1)[C@H]1CN(Cc2ccccc2)CCO1. The highest BCUT2D eigenvalue weighted by Gasteiger charge is 2.31. The lowest BCUT2D eigenvalue weighted by Crippen LogP contribution is -2.44. The fourth-order valence-corrected chi connectivity index (χ4v) is 5.21. The Morgan fingerprint density at radius 2 is 1.61 bits per heavy atom. The van der Waals surface area contributed by atoms with Crippen LogP contribution in [-0.2, 0) is 11.3 Å². The monoisotopic (exact) mass is 433 g/mol. The lowest BCUT2D eigenvalue weighted by Gasteiger charge is -2.37. The first kappa shape index (κ1) is 21.9. The van der Waals surface area contributed by atoms with Crippen LogP contribution in [0.4, 0.5) is 0 Å². The van der Waals surface area contributed by atoms with Crippen molar-refractivity contribution in [3.63, 3.8) is 0 Å². The van der Waals surface area contributed by atoms with E-state index in [1.165, 1.54) is 11.1 Å². The third-order valence-electron chi connectivity index (χ3n) is 5.36. The van der Waals surface area contributed by atoms with Crippen molar-refractivity contribution in [3.8, 4) is 5.75 Å². The van der Waals surface area contributed by atoms with Crippen LogP contribution in [0.5, 0.6) is 5.75 Å². The molecule has 0 spiro atoms. The number of nitrogens with zero attached hydrogens (tertiary/aromatic N) is 1. The zero-order valence-electron chi connectivity index (χ0n) is 18.3. The molecule has 3 aromatic carbocycles. The Bertz CT molecular complexity index is 932. The minimum Gasteiger partial charge on any atom is -0.490 e. The lowest BCUT2D eigenvalue weighted by atomic mass is 10.1. The maximum Gasteiger partial charge on any atom is 0.133 e. The molecule has 1 heterocycles. The van der Waals surface area contributed by atoms with Gasteiger partial charge in [0.15, 0.2) is 0 Å². The fraction of sp³-hybridized carbons (Fsp3) is 0.333. The molecule has 162 valence electrons. The lowest BCUT2D eigenvalue weighted by molar-refractivity contribution is -0.0319. The van der Waals surface area contributed by atoms with Crippen molar-refractivity contribution in [2.24, 2.45) is 0 Å². The van der Waals surface area contributed by atoms with E-state index in [4.69, 9.17) is 9.47 Å². The van der Waals surface area contributed by atoms with Crippen LogP contribution >= 0.6 is 11.8 Å². The maximum absolute atomic E-state index is 6.35. The van der Waals surface area contributed by atoms with E-state index in [1.807, 2.05) is 17.8 Å². The predicted octanol–water partition coefficient (Wildman–Crippen LogP) is 6.21. The molecule has 31 heavy (non-hydrogen) atoms. The zero-order chi connectivity index (χ0) is 21.5. The summed E-state index contributed by atoms with van der Waals surface area (Å²) in [5.74, 6) is 0.945. The van der Waals surface area contributed by atoms with E-state index >= 15 is 0 Å². The molecule has 1 aliphatic heterocycles. The minimum atomic E-state index is 0.108. The molecule has 1 saturated heterocycles. The van der Waals surface area contributed by atoms with Gasteiger partial charge in [-0.1, -0.05) is 72.8 Å². The van der Waals surface area contributed by atoms with Crippen LogP contribution in [0.25, 0.3) is 0 Å². The smallest absolute Gasteiger partial charge is 0.133 e. The summed E-state index contributed by atoms with van der Waals surface area (Å²) in [4.78, 5) is 3.67. The molecule has 0 saturated carbocycles. The van der Waals surface area contributed by atoms with Crippen LogP contribution in [0.3, 0.4) is 0 Å². The normalized spacial score (nSPS) is 18.1. The van der Waals surface area contributed by atoms with E-state index in [-0.39, 0.29) is 17.5 Å². The number of hydrogen-bond donors (Lipinski definition) is 0. The Labute approximate surface area is 190 Å². The summed E-state index contributed by atoms with van der Waals surface area (Å²) in [6, 6.07) is 29.8. The molecule has 0 bridgehead atoms. The molecule has 0 unspecified atom stereocenters. The molecule has 0 N–H and O–H groups in total. The molecular formula is C27H31NO2S. The van der Waals surface area contributed by atoms with Gasteiger partial charge in [0.05, 0.1) is 29.0 Å². The van der Waals surface area contributed by atoms with Gasteiger partial charge in [-0.15, -0.1) is 11.8 Å². The van der Waals surface area contributed by atoms with Crippen molar-refractivity contribution in [3.05, 3.63) is 96.1 Å². The van der Waals surface area contributed by atoms with Crippen molar-refractivity contribution in [1.82, 2.24) is 4.90 Å². The summed E-state index contributed by atoms with van der Waals surface area (Å²) in [5.41, 5.74) is 2.64. The highest BCUT2D eigenvalue weighted by molar-refractivity contribution is 7.99. The largest absolute Gasteiger partial charge is 0.490 e. The number of morpholine rings is 1. The second-order valence-corrected chi connectivity index (χ2v) is 9.38. The van der Waals surface area contributed by atoms with E-state index in [9.17, 15) is 0 Å². The summed E-state index contributed by atoms with van der Waals surface area (Å²) in [6.45, 7) is 7.73. The van der Waals surface area contributed by atoms with Gasteiger partial charge in [-0.3, -0.25) is 4.90 Å². The van der Waals surface area contributed by atoms with Crippen molar-refractivity contribution >= 4 is 11.8 Å². The van der Waals surface area contributed by atoms with Crippen LogP contribution in [0.1, 0.15) is 30.2 Å². The molecule has 2 atom stereocenters. The van der Waals surface area contributed by atoms with Gasteiger partial charge in [0.25, 0.3) is 0 Å². The van der Waals surface area contributed by atoms with Crippen molar-refractivity contribution in [2.75, 3.05) is 19.7 Å². The van der Waals surface area contributed by atoms with Gasteiger partial charge in [-0.05, 0) is 37.1 Å². The second kappa shape index (κ2) is 10.9. The molecule has 0 aromatic heterocycles. The van der Waals surface area contributed by atoms with E-state index in [1.54, 1.807) is 0 Å². The van der Waals surface area contributed by atoms with E-state index in [2.05, 4.69) is 97.6 Å². The number of rotatable bonds is 8. The summed E-state index contributed by atoms with van der Waals surface area (Å²) in [7, 11) is 0. The molecule has 0 radical (unpaired) electrons.